The highest BCUT2D eigenvalue weighted by Crippen LogP contribution is 2.38. The Morgan fingerprint density at radius 1 is 1.12 bits per heavy atom. The van der Waals surface area contributed by atoms with Crippen LogP contribution >= 0.6 is 0 Å². The highest BCUT2D eigenvalue weighted by atomic mass is 16.6. The summed E-state index contributed by atoms with van der Waals surface area (Å²) in [5, 5.41) is 0. The van der Waals surface area contributed by atoms with Gasteiger partial charge in [-0.15, -0.1) is 0 Å². The van der Waals surface area contributed by atoms with Crippen LogP contribution in [0.1, 0.15) is 17.3 Å². The summed E-state index contributed by atoms with van der Waals surface area (Å²) in [7, 11) is 2.76. The molecule has 0 aromatic heterocycles. The van der Waals surface area contributed by atoms with Crippen molar-refractivity contribution in [1.82, 2.24) is 0 Å². The van der Waals surface area contributed by atoms with Crippen molar-refractivity contribution in [2.45, 2.75) is 6.92 Å². The minimum atomic E-state index is -0.629. The Morgan fingerprint density at radius 2 is 1.59 bits per heavy atom. The molecule has 0 fully saturated rings. The van der Waals surface area contributed by atoms with Crippen molar-refractivity contribution >= 4 is 11.9 Å². The Morgan fingerprint density at radius 3 is 1.88 bits per heavy atom. The Labute approximate surface area is 98.3 Å². The number of amides is 1. The van der Waals surface area contributed by atoms with Gasteiger partial charge in [0.25, 0.3) is 0 Å². The summed E-state index contributed by atoms with van der Waals surface area (Å²) in [6, 6.07) is 2.76. The number of carbonyl (C=O) groups is 2. The first-order chi connectivity index (χ1) is 7.99. The zero-order valence-corrected chi connectivity index (χ0v) is 9.77. The molecule has 0 radical (unpaired) electrons. The van der Waals surface area contributed by atoms with E-state index in [0.717, 1.165) is 0 Å². The summed E-state index contributed by atoms with van der Waals surface area (Å²) in [4.78, 5) is 22.0. The van der Waals surface area contributed by atoms with Crippen LogP contribution in [-0.2, 0) is 4.79 Å². The lowest BCUT2D eigenvalue weighted by atomic mass is 10.1. The van der Waals surface area contributed by atoms with Gasteiger partial charge in [-0.25, -0.2) is 0 Å². The van der Waals surface area contributed by atoms with Gasteiger partial charge in [-0.2, -0.15) is 0 Å². The molecule has 0 aliphatic carbocycles. The largest absolute Gasteiger partial charge is 0.493 e. The van der Waals surface area contributed by atoms with Crippen molar-refractivity contribution in [3.63, 3.8) is 0 Å². The van der Waals surface area contributed by atoms with Gasteiger partial charge in [0.1, 0.15) is 0 Å². The standard InChI is InChI=1S/C11H13NO5/c1-6(13)17-10-8(15-2)4-7(11(12)14)5-9(10)16-3/h4-5H,1-3H3,(H2,12,14). The van der Waals surface area contributed by atoms with E-state index in [1.807, 2.05) is 0 Å². The lowest BCUT2D eigenvalue weighted by Gasteiger charge is -2.13. The molecule has 0 heterocycles. The van der Waals surface area contributed by atoms with Crippen LogP contribution in [0.5, 0.6) is 17.2 Å². The second kappa shape index (κ2) is 5.20. The second-order valence-electron chi connectivity index (χ2n) is 3.17. The SMILES string of the molecule is COc1cc(C(N)=O)cc(OC)c1OC(C)=O. The number of carbonyl (C=O) groups excluding carboxylic acids is 2. The van der Waals surface area contributed by atoms with Crippen LogP contribution in [0.4, 0.5) is 0 Å². The molecule has 0 saturated carbocycles. The zero-order valence-electron chi connectivity index (χ0n) is 9.77. The molecule has 1 aromatic rings. The number of primary amides is 1. The average molecular weight is 239 g/mol. The van der Waals surface area contributed by atoms with E-state index in [1.165, 1.54) is 33.3 Å². The van der Waals surface area contributed by atoms with Crippen molar-refractivity contribution in [2.24, 2.45) is 5.73 Å². The highest BCUT2D eigenvalue weighted by Gasteiger charge is 2.17. The molecule has 0 aliphatic heterocycles. The summed E-state index contributed by atoms with van der Waals surface area (Å²) >= 11 is 0. The van der Waals surface area contributed by atoms with E-state index >= 15 is 0 Å². The van der Waals surface area contributed by atoms with Crippen LogP contribution in [0.2, 0.25) is 0 Å². The molecule has 0 aliphatic rings. The summed E-state index contributed by atoms with van der Waals surface area (Å²) in [6.07, 6.45) is 0. The number of methoxy groups -OCH3 is 2. The molecule has 2 N–H and O–H groups in total. The third-order valence-electron chi connectivity index (χ3n) is 1.99. The van der Waals surface area contributed by atoms with Gasteiger partial charge in [0.2, 0.25) is 11.7 Å². The van der Waals surface area contributed by atoms with Gasteiger partial charge in [-0.1, -0.05) is 0 Å². The van der Waals surface area contributed by atoms with Crippen molar-refractivity contribution in [3.8, 4) is 17.2 Å². The molecule has 0 atom stereocenters. The van der Waals surface area contributed by atoms with E-state index in [0.29, 0.717) is 0 Å². The maximum atomic E-state index is 11.1. The molecule has 0 spiro atoms. The molecule has 6 heteroatoms. The topological polar surface area (TPSA) is 87.8 Å². The monoisotopic (exact) mass is 239 g/mol. The fraction of sp³-hybridized carbons (Fsp3) is 0.273. The van der Waals surface area contributed by atoms with Gasteiger partial charge in [0, 0.05) is 12.5 Å². The minimum Gasteiger partial charge on any atom is -0.493 e. The van der Waals surface area contributed by atoms with E-state index in [2.05, 4.69) is 0 Å². The third kappa shape index (κ3) is 2.87. The van der Waals surface area contributed by atoms with Crippen LogP contribution in [0.3, 0.4) is 0 Å². The smallest absolute Gasteiger partial charge is 0.308 e. The average Bonchev–Trinajstić information content (AvgIpc) is 2.28. The Bertz CT molecular complexity index is 430. The maximum absolute atomic E-state index is 11.1. The van der Waals surface area contributed by atoms with Crippen LogP contribution in [0.15, 0.2) is 12.1 Å². The normalized spacial score (nSPS) is 9.59. The molecule has 1 amide bonds. The molecule has 0 bridgehead atoms. The molecule has 92 valence electrons. The Kier molecular flexibility index (Phi) is 3.92. The second-order valence-corrected chi connectivity index (χ2v) is 3.17. The highest BCUT2D eigenvalue weighted by molar-refractivity contribution is 5.94. The van der Waals surface area contributed by atoms with E-state index in [1.54, 1.807) is 0 Å². The molecule has 1 rings (SSSR count). The number of ether oxygens (including phenoxy) is 3. The zero-order chi connectivity index (χ0) is 13.0. The van der Waals surface area contributed by atoms with Gasteiger partial charge >= 0.3 is 5.97 Å². The first-order valence-corrected chi connectivity index (χ1v) is 4.73. The maximum Gasteiger partial charge on any atom is 0.308 e. The summed E-state index contributed by atoms with van der Waals surface area (Å²) in [5.74, 6) is -0.626. The molecule has 17 heavy (non-hydrogen) atoms. The van der Waals surface area contributed by atoms with Crippen molar-refractivity contribution in [1.29, 1.82) is 0 Å². The number of nitrogens with two attached hydrogens (primary N) is 1. The van der Waals surface area contributed by atoms with Gasteiger partial charge in [0.05, 0.1) is 14.2 Å². The first kappa shape index (κ1) is 12.8. The van der Waals surface area contributed by atoms with Gasteiger partial charge in [-0.3, -0.25) is 9.59 Å². The van der Waals surface area contributed by atoms with Crippen molar-refractivity contribution in [3.05, 3.63) is 17.7 Å². The van der Waals surface area contributed by atoms with E-state index < -0.39 is 11.9 Å². The predicted molar refractivity (Wildman–Crippen MR) is 59.4 cm³/mol. The number of rotatable bonds is 4. The van der Waals surface area contributed by atoms with Gasteiger partial charge < -0.3 is 19.9 Å². The van der Waals surface area contributed by atoms with E-state index in [4.69, 9.17) is 19.9 Å². The molecule has 6 nitrogen and oxygen atoms in total. The Balaban J connectivity index is 3.35. The lowest BCUT2D eigenvalue weighted by Crippen LogP contribution is -2.12. The van der Waals surface area contributed by atoms with Crippen LogP contribution < -0.4 is 19.9 Å². The van der Waals surface area contributed by atoms with Gasteiger partial charge in [-0.05, 0) is 12.1 Å². The van der Waals surface area contributed by atoms with Crippen molar-refractivity contribution < 1.29 is 23.8 Å². The summed E-state index contributed by atoms with van der Waals surface area (Å²) < 4.78 is 15.0. The van der Waals surface area contributed by atoms with E-state index in [9.17, 15) is 9.59 Å². The number of benzene rings is 1. The fourth-order valence-electron chi connectivity index (χ4n) is 1.27. The molecule has 1 aromatic carbocycles. The number of esters is 1. The Hall–Kier alpha value is -2.24. The fourth-order valence-corrected chi connectivity index (χ4v) is 1.27. The third-order valence-corrected chi connectivity index (χ3v) is 1.99. The lowest BCUT2D eigenvalue weighted by molar-refractivity contribution is -0.132. The van der Waals surface area contributed by atoms with Crippen molar-refractivity contribution in [2.75, 3.05) is 14.2 Å². The van der Waals surface area contributed by atoms with E-state index in [-0.39, 0.29) is 22.8 Å². The quantitative estimate of drug-likeness (QED) is 0.618. The molecule has 0 saturated heterocycles. The number of hydrogen-bond acceptors (Lipinski definition) is 5. The van der Waals surface area contributed by atoms with Gasteiger partial charge in [0.15, 0.2) is 11.5 Å². The molecular weight excluding hydrogens is 226 g/mol. The predicted octanol–water partition coefficient (Wildman–Crippen LogP) is 0.728. The van der Waals surface area contributed by atoms with Crippen LogP contribution in [0, 0.1) is 0 Å². The summed E-state index contributed by atoms with van der Waals surface area (Å²) in [6.45, 7) is 1.25. The summed E-state index contributed by atoms with van der Waals surface area (Å²) in [5.41, 5.74) is 5.36. The van der Waals surface area contributed by atoms with Crippen LogP contribution in [-0.4, -0.2) is 26.1 Å². The molecular formula is C11H13NO5. The van der Waals surface area contributed by atoms with Crippen LogP contribution in [0.25, 0.3) is 0 Å². The molecule has 0 unspecified atom stereocenters. The minimum absolute atomic E-state index is 0.118. The number of hydrogen-bond donors (Lipinski definition) is 1. The first-order valence-electron chi connectivity index (χ1n) is 4.73.